The van der Waals surface area contributed by atoms with E-state index in [4.69, 9.17) is 52.4 Å². The summed E-state index contributed by atoms with van der Waals surface area (Å²) in [5, 5.41) is 52.4. The van der Waals surface area contributed by atoms with E-state index in [1.165, 1.54) is 13.8 Å². The van der Waals surface area contributed by atoms with Gasteiger partial charge in [0.15, 0.2) is 0 Å². The zero-order chi connectivity index (χ0) is 100. The average Bonchev–Trinajstić information content (AvgIpc) is 0.779. The van der Waals surface area contributed by atoms with Crippen molar-refractivity contribution in [3.8, 4) is 0 Å². The summed E-state index contributed by atoms with van der Waals surface area (Å²) in [5.41, 5.74) is 4.07. The molecule has 6 aliphatic carbocycles. The topological polar surface area (TPSA) is 545 Å². The molecule has 0 heterocycles. The molecule has 6 fully saturated rings. The number of rotatable bonds is 48. The summed E-state index contributed by atoms with van der Waals surface area (Å²) in [6.07, 6.45) is 16.9. The number of amides is 10. The number of aliphatic hydroxyl groups is 1. The molecule has 6 rings (SSSR count). The molecule has 0 radical (unpaired) electrons. The van der Waals surface area contributed by atoms with Crippen LogP contribution in [0.25, 0.3) is 10.6 Å². The molecule has 0 aromatic carbocycles. The predicted molar refractivity (Wildman–Crippen MR) is 530 cm³/mol. The Morgan fingerprint density at radius 3 is 1.05 bits per heavy atom. The van der Waals surface area contributed by atoms with Gasteiger partial charge in [0.2, 0.25) is 56.3 Å². The van der Waals surface area contributed by atoms with E-state index in [2.05, 4.69) is 169 Å². The van der Waals surface area contributed by atoms with Gasteiger partial charge >= 0.3 is 80.2 Å². The fraction of sp³-hybridized carbons (Fsp3) is 0.867. The first-order chi connectivity index (χ1) is 60.3. The van der Waals surface area contributed by atoms with E-state index in [0.717, 1.165) is 211 Å². The maximum atomic E-state index is 11.3. The minimum absolute atomic E-state index is 0. The Hall–Kier alpha value is -1.71. The van der Waals surface area contributed by atoms with Gasteiger partial charge in [0.05, 0.1) is 24.9 Å². The van der Waals surface area contributed by atoms with Crippen LogP contribution in [-0.4, -0.2) is 335 Å². The summed E-state index contributed by atoms with van der Waals surface area (Å²) in [5.74, 6) is 2.63. The number of hydrogen-bond acceptors (Lipinski definition) is 32. The second-order valence-corrected chi connectivity index (χ2v) is 40.8. The van der Waals surface area contributed by atoms with E-state index >= 15 is 0 Å². The third-order valence-corrected chi connectivity index (χ3v) is 25.2. The van der Waals surface area contributed by atoms with Crippen molar-refractivity contribution < 1.29 is 164 Å². The molecule has 0 aromatic rings. The van der Waals surface area contributed by atoms with E-state index in [0.29, 0.717) is 101 Å². The summed E-state index contributed by atoms with van der Waals surface area (Å²) in [7, 11) is -2.08. The zero-order valence-electron chi connectivity index (χ0n) is 80.7. The van der Waals surface area contributed by atoms with Gasteiger partial charge in [-0.2, -0.15) is 45.2 Å². The second kappa shape index (κ2) is 80.7. The SMILES string of the molecule is C.CC(=O)N[C@@]1(C)CCC1CN(CCS)CCNC(=O)CS.CC(=O)N[C@@]1(C)CCC1CN(CC[S-])CC[N-]C(=O)C[S-].CC(=O)N[C@@]1(C)CCC1CO.CC(=O)N[C@@]1(C)CCC1COS(C)(=O)=O.CCCN(CCNC(=O)CC)CC1CC[C@]1(C)NC(C)=O.CCCNCCNC(=O)CC.CS(=O)(=O)Cl.Cl.N[C@@]1(C(=O)O)CCC1CN(CC[S-])CC[N-]C(=O)C[S-].[Na+].[OH-].[O]=[Tc+4].[O]=[Tc+4]. The third-order valence-electron chi connectivity index (χ3n) is 23.3. The van der Waals surface area contributed by atoms with Crippen LogP contribution in [0.4, 0.5) is 0 Å². The standard InChI is InChI=1S/C16H31N3O2.2C14H27N3O2S2.C12H23N3O3S2.C9H17NO4S.C8H18N2O.C8H15NO2.CH3ClO2S.CH4.ClH.Na.H2O.2O.2Tc/c1-5-10-19(11-9-17-15(21)6-2)12-14-7-8-16(14,4)18-13(3)20;2*1-11(18)16-14(2)4-3-12(14)9-17(7-8-20)6-5-15-13(19)10-21;13-12(11(17)18)2-1-9(12)7-15(5-6-19)4-3-14-10(16)8-20;1-7(11)10-9(2)5-4-8(9)6-14-15(3,12)13;1-3-5-9-6-7-10-8(11)4-2;1-6(11)9-8(2)4-3-7(8)5-10;1-5(2,3)4;;;;;;;;/h14H,5-12H2,1-4H3,(H,17,21)(H,18,20);12H,3-10H2,1-2H3,(H4,15,16,18,19,20,21);12,20-21H,3-10H2,1-2H3,(H,15,19)(H,16,18);9H,1-8,13H2,(H4,14,16,17,18,19,20);8H,4-6H2,1-3H3,(H,10,11);9H,3-7H2,1-2H3,(H,10,11);7,10H,3-5H2,1-2H3,(H,9,11);1H3;1H4;1H;;1H2;;;;/q;;;;;;;;;;+1;;;;2*+4/p-7/t14?,16-;2*12?,14-;9?,12-;8?,9-;;7?,8-;;;;;;;;;/m00000.0........./s1. The summed E-state index contributed by atoms with van der Waals surface area (Å²) in [6, 6.07) is 0. The van der Waals surface area contributed by atoms with Crippen LogP contribution < -0.4 is 83.1 Å². The number of nitrogens with one attached hydrogen (secondary N) is 9. The molecule has 50 heteroatoms. The molecule has 774 valence electrons. The van der Waals surface area contributed by atoms with Crippen molar-refractivity contribution in [1.29, 1.82) is 0 Å². The van der Waals surface area contributed by atoms with Crippen molar-refractivity contribution in [1.82, 2.24) is 67.5 Å². The van der Waals surface area contributed by atoms with E-state index in [9.17, 15) is 69.6 Å². The number of thiol groups is 2. The number of carbonyl (C=O) groups excluding carboxylic acids is 10. The van der Waals surface area contributed by atoms with Gasteiger partial charge in [-0.15, -0.1) is 37.0 Å². The van der Waals surface area contributed by atoms with Crippen molar-refractivity contribution >= 4 is 183 Å². The molecule has 6 unspecified atom stereocenters. The van der Waals surface area contributed by atoms with Gasteiger partial charge in [-0.25, -0.2) is 8.42 Å². The van der Waals surface area contributed by atoms with Crippen molar-refractivity contribution in [2.75, 3.05) is 185 Å². The van der Waals surface area contributed by atoms with Crippen LogP contribution in [0.1, 0.15) is 207 Å². The molecular formula is C83H161Cl2N16NaO21S8Tc2+2. The van der Waals surface area contributed by atoms with Crippen LogP contribution in [0.5, 0.6) is 0 Å². The summed E-state index contributed by atoms with van der Waals surface area (Å²) in [4.78, 5) is 131. The van der Waals surface area contributed by atoms with Gasteiger partial charge in [0, 0.05) is 200 Å². The molecule has 0 bridgehead atoms. The summed E-state index contributed by atoms with van der Waals surface area (Å²) in [6.45, 7) is 40.8. The molecule has 37 nitrogen and oxygen atoms in total. The van der Waals surface area contributed by atoms with Gasteiger partial charge in [-0.05, 0) is 182 Å². The fourth-order valence-electron chi connectivity index (χ4n) is 15.0. The van der Waals surface area contributed by atoms with Crippen molar-refractivity contribution in [2.24, 2.45) is 41.2 Å². The van der Waals surface area contributed by atoms with Crippen molar-refractivity contribution in [2.45, 2.75) is 240 Å². The van der Waals surface area contributed by atoms with E-state index in [-0.39, 0.29) is 190 Å². The number of halogens is 2. The van der Waals surface area contributed by atoms with Crippen molar-refractivity contribution in [3.63, 3.8) is 0 Å². The molecule has 6 saturated carbocycles. The van der Waals surface area contributed by atoms with Gasteiger partial charge in [-0.3, -0.25) is 47.3 Å². The van der Waals surface area contributed by atoms with Crippen LogP contribution in [0, 0.1) is 35.5 Å². The number of aliphatic carboxylic acids is 1. The van der Waals surface area contributed by atoms with E-state index < -0.39 is 30.7 Å². The minimum atomic E-state index is -3.39. The first-order valence-electron chi connectivity index (χ1n) is 43.8. The first kappa shape index (κ1) is 147. The molecule has 133 heavy (non-hydrogen) atoms. The van der Waals surface area contributed by atoms with Gasteiger partial charge in [0.25, 0.3) is 10.1 Å². The molecule has 12 atom stereocenters. The number of carbonyl (C=O) groups is 11. The van der Waals surface area contributed by atoms with Gasteiger partial charge < -0.3 is 160 Å². The zero-order valence-corrected chi connectivity index (χ0v) is 94.7. The molecular weight excluding hydrogens is 2100 g/mol. The quantitative estimate of drug-likeness (QED) is 0.0101. The second-order valence-electron chi connectivity index (χ2n) is 33.9. The van der Waals surface area contributed by atoms with Crippen molar-refractivity contribution in [3.05, 3.63) is 10.6 Å². The van der Waals surface area contributed by atoms with E-state index in [1.54, 1.807) is 20.8 Å². The van der Waals surface area contributed by atoms with Crippen LogP contribution in [0.2, 0.25) is 0 Å². The predicted octanol–water partition coefficient (Wildman–Crippen LogP) is 1.05. The number of aliphatic hydroxyl groups excluding tert-OH is 1. The average molecular weight is 2270 g/mol. The molecule has 0 aliphatic heterocycles. The number of nitrogens with two attached hydrogens (primary N) is 1. The molecule has 0 spiro atoms. The van der Waals surface area contributed by atoms with Gasteiger partial charge in [-0.1, -0.05) is 35.1 Å². The van der Waals surface area contributed by atoms with Crippen LogP contribution in [-0.2, 0) is 171 Å². The number of carboxylic acid groups (broad SMARTS) is 1. The van der Waals surface area contributed by atoms with Crippen LogP contribution in [0.15, 0.2) is 0 Å². The fourth-order valence-corrected chi connectivity index (χ4v) is 16.6. The molecule has 10 amide bonds. The third kappa shape index (κ3) is 67.5. The Morgan fingerprint density at radius 1 is 0.481 bits per heavy atom. The number of carboxylic acids is 1. The molecule has 0 aromatic heterocycles. The molecule has 0 saturated heterocycles. The summed E-state index contributed by atoms with van der Waals surface area (Å²) >= 11 is 29.3. The Morgan fingerprint density at radius 2 is 0.789 bits per heavy atom. The van der Waals surface area contributed by atoms with E-state index in [1.807, 2.05) is 32.6 Å². The normalized spacial score (nSPS) is 23.2. The van der Waals surface area contributed by atoms with Crippen LogP contribution in [0.3, 0.4) is 0 Å². The Kier molecular flexibility index (Phi) is 89.0. The Bertz CT molecular complexity index is 3360. The maximum absolute atomic E-state index is 11.3. The Balaban J connectivity index is -0.000000226. The number of hydrogen-bond donors (Lipinski definition) is 14. The van der Waals surface area contributed by atoms with Gasteiger partial charge in [0.1, 0.15) is 5.54 Å². The monoisotopic (exact) mass is 2260 g/mol. The Labute approximate surface area is 882 Å². The van der Waals surface area contributed by atoms with Crippen LogP contribution >= 0.6 is 48.3 Å². The number of nitrogens with zero attached hydrogens (tertiary/aromatic N) is 6. The molecule has 6 aliphatic rings. The summed E-state index contributed by atoms with van der Waals surface area (Å²) < 4.78 is 61.6. The first-order valence-corrected chi connectivity index (χ1v) is 53.4. The molecule has 14 N–H and O–H groups in total.